The first-order valence-electron chi connectivity index (χ1n) is 7.71. The molecule has 0 aliphatic rings. The minimum Gasteiger partial charge on any atom is -0.493 e. The molecule has 2 N–H and O–H groups in total. The summed E-state index contributed by atoms with van der Waals surface area (Å²) >= 11 is 1.71. The van der Waals surface area contributed by atoms with Crippen LogP contribution in [-0.4, -0.2) is 33.3 Å². The van der Waals surface area contributed by atoms with E-state index in [4.69, 9.17) is 4.74 Å². The Labute approximate surface area is 149 Å². The highest BCUT2D eigenvalue weighted by atomic mass is 32.1. The number of methoxy groups -OCH3 is 1. The number of guanidine groups is 1. The summed E-state index contributed by atoms with van der Waals surface area (Å²) in [5.74, 6) is 0.920. The van der Waals surface area contributed by atoms with Crippen LogP contribution in [0.15, 0.2) is 40.7 Å². The summed E-state index contributed by atoms with van der Waals surface area (Å²) in [6, 6.07) is 9.02. The van der Waals surface area contributed by atoms with E-state index in [1.807, 2.05) is 11.4 Å². The van der Waals surface area contributed by atoms with E-state index in [2.05, 4.69) is 26.4 Å². The fourth-order valence-electron chi connectivity index (χ4n) is 2.18. The molecule has 0 aliphatic heterocycles. The Morgan fingerprint density at radius 2 is 2.08 bits per heavy atom. The molecule has 0 saturated heterocycles. The van der Waals surface area contributed by atoms with Crippen LogP contribution in [0.5, 0.6) is 11.5 Å². The topological polar surface area (TPSA) is 54.9 Å². The maximum atomic E-state index is 12.5. The number of halogens is 2. The summed E-state index contributed by atoms with van der Waals surface area (Å²) in [5.41, 5.74) is 0.776. The molecular weight excluding hydrogens is 348 g/mol. The third-order valence-electron chi connectivity index (χ3n) is 3.37. The van der Waals surface area contributed by atoms with E-state index in [-0.39, 0.29) is 11.5 Å². The Kier molecular flexibility index (Phi) is 7.46. The lowest BCUT2D eigenvalue weighted by atomic mass is 10.2. The number of rotatable bonds is 8. The molecule has 0 bridgehead atoms. The first kappa shape index (κ1) is 19.0. The second kappa shape index (κ2) is 9.83. The van der Waals surface area contributed by atoms with Crippen LogP contribution in [0, 0.1) is 0 Å². The molecule has 2 rings (SSSR count). The largest absolute Gasteiger partial charge is 0.493 e. The van der Waals surface area contributed by atoms with E-state index in [1.54, 1.807) is 30.5 Å². The third-order valence-corrected chi connectivity index (χ3v) is 4.31. The maximum absolute atomic E-state index is 12.5. The average Bonchev–Trinajstić information content (AvgIpc) is 3.11. The number of thiophene rings is 1. The van der Waals surface area contributed by atoms with Crippen LogP contribution in [0.3, 0.4) is 0 Å². The molecule has 1 aromatic heterocycles. The monoisotopic (exact) mass is 369 g/mol. The molecule has 0 amide bonds. The molecule has 1 aromatic carbocycles. The van der Waals surface area contributed by atoms with E-state index in [0.717, 1.165) is 18.5 Å². The zero-order chi connectivity index (χ0) is 18.1. The molecule has 0 unspecified atom stereocenters. The van der Waals surface area contributed by atoms with E-state index < -0.39 is 6.61 Å². The number of alkyl halides is 2. The van der Waals surface area contributed by atoms with Crippen molar-refractivity contribution in [3.05, 3.63) is 46.2 Å². The predicted molar refractivity (Wildman–Crippen MR) is 95.9 cm³/mol. The highest BCUT2D eigenvalue weighted by Gasteiger charge is 2.11. The first-order valence-corrected chi connectivity index (χ1v) is 8.59. The van der Waals surface area contributed by atoms with Crippen LogP contribution in [0.4, 0.5) is 8.78 Å². The minimum atomic E-state index is -2.90. The van der Waals surface area contributed by atoms with Gasteiger partial charge in [0, 0.05) is 25.0 Å². The number of nitrogens with one attached hydrogen (secondary N) is 2. The summed E-state index contributed by atoms with van der Waals surface area (Å²) < 4.78 is 34.5. The number of nitrogens with zero attached hydrogens (tertiary/aromatic N) is 1. The molecule has 2 aromatic rings. The van der Waals surface area contributed by atoms with Crippen molar-refractivity contribution in [1.29, 1.82) is 0 Å². The van der Waals surface area contributed by atoms with Crippen LogP contribution in [0.1, 0.15) is 10.4 Å². The molecule has 0 saturated carbocycles. The van der Waals surface area contributed by atoms with Crippen molar-refractivity contribution in [2.45, 2.75) is 19.6 Å². The van der Waals surface area contributed by atoms with Gasteiger partial charge in [-0.25, -0.2) is 0 Å². The quantitative estimate of drug-likeness (QED) is 0.554. The highest BCUT2D eigenvalue weighted by Crippen LogP contribution is 2.29. The summed E-state index contributed by atoms with van der Waals surface area (Å²) in [4.78, 5) is 5.45. The Bertz CT molecular complexity index is 679. The molecular formula is C17H21F2N3O2S. The van der Waals surface area contributed by atoms with Crippen molar-refractivity contribution >= 4 is 17.3 Å². The van der Waals surface area contributed by atoms with Crippen molar-refractivity contribution in [2.75, 3.05) is 20.7 Å². The maximum Gasteiger partial charge on any atom is 0.387 e. The van der Waals surface area contributed by atoms with Gasteiger partial charge in [0.1, 0.15) is 0 Å². The van der Waals surface area contributed by atoms with Gasteiger partial charge in [0.05, 0.1) is 7.11 Å². The normalized spacial score (nSPS) is 11.5. The van der Waals surface area contributed by atoms with Gasteiger partial charge in [-0.2, -0.15) is 8.78 Å². The molecule has 1 heterocycles. The molecule has 0 aliphatic carbocycles. The molecule has 0 fully saturated rings. The van der Waals surface area contributed by atoms with Gasteiger partial charge in [-0.3, -0.25) is 4.99 Å². The second-order valence-corrected chi connectivity index (χ2v) is 6.08. The standard InChI is InChI=1S/C17H21F2N3O2S/c1-20-17(21-8-7-13-4-3-9-25-13)22-11-12-5-6-14(23-2)15(10-12)24-16(18)19/h3-6,9-10,16H,7-8,11H2,1-2H3,(H2,20,21,22). The van der Waals surface area contributed by atoms with Gasteiger partial charge in [-0.05, 0) is 35.6 Å². The van der Waals surface area contributed by atoms with Crippen LogP contribution in [-0.2, 0) is 13.0 Å². The summed E-state index contributed by atoms with van der Waals surface area (Å²) in [5, 5.41) is 8.41. The smallest absolute Gasteiger partial charge is 0.387 e. The fourth-order valence-corrected chi connectivity index (χ4v) is 2.89. The van der Waals surface area contributed by atoms with E-state index >= 15 is 0 Å². The lowest BCUT2D eigenvalue weighted by Gasteiger charge is -2.14. The van der Waals surface area contributed by atoms with Crippen molar-refractivity contribution in [3.8, 4) is 11.5 Å². The number of hydrogen-bond donors (Lipinski definition) is 2. The fraction of sp³-hybridized carbons (Fsp3) is 0.353. The number of benzene rings is 1. The van der Waals surface area contributed by atoms with Crippen LogP contribution < -0.4 is 20.1 Å². The van der Waals surface area contributed by atoms with Crippen LogP contribution in [0.25, 0.3) is 0 Å². The van der Waals surface area contributed by atoms with Crippen molar-refractivity contribution in [2.24, 2.45) is 4.99 Å². The van der Waals surface area contributed by atoms with E-state index in [9.17, 15) is 8.78 Å². The highest BCUT2D eigenvalue weighted by molar-refractivity contribution is 7.09. The second-order valence-electron chi connectivity index (χ2n) is 5.05. The predicted octanol–water partition coefficient (Wildman–Crippen LogP) is 3.27. The average molecular weight is 369 g/mol. The number of aliphatic imine (C=N–C) groups is 1. The third kappa shape index (κ3) is 6.22. The zero-order valence-corrected chi connectivity index (χ0v) is 14.9. The van der Waals surface area contributed by atoms with Gasteiger partial charge >= 0.3 is 6.61 Å². The Hall–Kier alpha value is -2.35. The lowest BCUT2D eigenvalue weighted by molar-refractivity contribution is -0.0512. The first-order chi connectivity index (χ1) is 12.1. The van der Waals surface area contributed by atoms with Crippen molar-refractivity contribution < 1.29 is 18.3 Å². The summed E-state index contributed by atoms with van der Waals surface area (Å²) in [6.07, 6.45) is 0.910. The number of ether oxygens (including phenoxy) is 2. The van der Waals surface area contributed by atoms with Crippen molar-refractivity contribution in [3.63, 3.8) is 0 Å². The van der Waals surface area contributed by atoms with Gasteiger partial charge in [0.2, 0.25) is 0 Å². The summed E-state index contributed by atoms with van der Waals surface area (Å²) in [7, 11) is 3.09. The molecule has 5 nitrogen and oxygen atoms in total. The van der Waals surface area contributed by atoms with Gasteiger partial charge in [0.25, 0.3) is 0 Å². The number of hydrogen-bond acceptors (Lipinski definition) is 4. The lowest BCUT2D eigenvalue weighted by Crippen LogP contribution is -2.37. The van der Waals surface area contributed by atoms with E-state index in [0.29, 0.717) is 12.5 Å². The summed E-state index contributed by atoms with van der Waals surface area (Å²) in [6.45, 7) is -1.73. The molecule has 0 radical (unpaired) electrons. The Morgan fingerprint density at radius 3 is 2.72 bits per heavy atom. The Balaban J connectivity index is 1.87. The van der Waals surface area contributed by atoms with Gasteiger partial charge < -0.3 is 20.1 Å². The SMILES string of the molecule is CN=C(NCCc1cccs1)NCc1ccc(OC)c(OC(F)F)c1. The molecule has 0 atom stereocenters. The molecule has 0 spiro atoms. The molecule has 136 valence electrons. The van der Waals surface area contributed by atoms with E-state index in [1.165, 1.54) is 18.1 Å². The van der Waals surface area contributed by atoms with Gasteiger partial charge in [-0.1, -0.05) is 12.1 Å². The van der Waals surface area contributed by atoms with Gasteiger partial charge in [0.15, 0.2) is 17.5 Å². The minimum absolute atomic E-state index is 0.0115. The van der Waals surface area contributed by atoms with Gasteiger partial charge in [-0.15, -0.1) is 11.3 Å². The Morgan fingerprint density at radius 1 is 1.24 bits per heavy atom. The van der Waals surface area contributed by atoms with Crippen molar-refractivity contribution in [1.82, 2.24) is 10.6 Å². The van der Waals surface area contributed by atoms with Crippen LogP contribution in [0.2, 0.25) is 0 Å². The van der Waals surface area contributed by atoms with Crippen LogP contribution >= 0.6 is 11.3 Å². The zero-order valence-electron chi connectivity index (χ0n) is 14.1. The molecule has 8 heteroatoms. The molecule has 25 heavy (non-hydrogen) atoms.